The molecule has 0 aromatic heterocycles. The Labute approximate surface area is 380 Å². The minimum absolute atomic E-state index is 0.924. The molecule has 0 aliphatic carbocycles. The Balaban J connectivity index is 0.00000106. The predicted molar refractivity (Wildman–Crippen MR) is 284 cm³/mol. The molecule has 0 amide bonds. The van der Waals surface area contributed by atoms with Crippen molar-refractivity contribution in [1.82, 2.24) is 0 Å². The zero-order valence-electron chi connectivity index (χ0n) is 38.1. The number of rotatable bonds is 11. The van der Waals surface area contributed by atoms with Gasteiger partial charge in [0.1, 0.15) is 0 Å². The molecule has 0 bridgehead atoms. The van der Waals surface area contributed by atoms with Crippen LogP contribution in [0.5, 0.6) is 0 Å². The van der Waals surface area contributed by atoms with Crippen LogP contribution in [-0.4, -0.2) is 6.26 Å². The Morgan fingerprint density at radius 2 is 0.694 bits per heavy atom. The highest BCUT2D eigenvalue weighted by Crippen LogP contribution is 2.38. The molecule has 0 atom stereocenters. The monoisotopic (exact) mass is 831 g/mol. The van der Waals surface area contributed by atoms with Crippen molar-refractivity contribution in [1.29, 1.82) is 0 Å². The van der Waals surface area contributed by atoms with Crippen LogP contribution < -0.4 is 4.90 Å². The summed E-state index contributed by atoms with van der Waals surface area (Å²) in [6.45, 7) is 25.3. The van der Waals surface area contributed by atoms with Gasteiger partial charge in [0.05, 0.1) is 0 Å². The Bertz CT molecular complexity index is 2420. The maximum absolute atomic E-state index is 4.09. The third-order valence-electron chi connectivity index (χ3n) is 9.75. The number of benzene rings is 7. The van der Waals surface area contributed by atoms with E-state index in [1.807, 2.05) is 34.6 Å². The first-order valence-corrected chi connectivity index (χ1v) is 22.5. The smallest absolute Gasteiger partial charge is 0.0462 e. The van der Waals surface area contributed by atoms with Gasteiger partial charge in [-0.2, -0.15) is 12.6 Å². The molecule has 0 aliphatic rings. The topological polar surface area (TPSA) is 3.24 Å². The lowest BCUT2D eigenvalue weighted by Crippen LogP contribution is -2.09. The maximum Gasteiger partial charge on any atom is 0.0462 e. The van der Waals surface area contributed by atoms with Crippen LogP contribution in [0.1, 0.15) is 59.6 Å². The highest BCUT2D eigenvalue weighted by molar-refractivity contribution is 7.79. The lowest BCUT2D eigenvalue weighted by Gasteiger charge is -2.26. The molecule has 0 saturated heterocycles. The molecule has 0 saturated carbocycles. The van der Waals surface area contributed by atoms with Gasteiger partial charge in [0.15, 0.2) is 0 Å². The van der Waals surface area contributed by atoms with Crippen molar-refractivity contribution in [2.24, 2.45) is 0 Å². The molecule has 2 heteroatoms. The lowest BCUT2D eigenvalue weighted by molar-refractivity contribution is 1.28. The van der Waals surface area contributed by atoms with Gasteiger partial charge in [0.25, 0.3) is 0 Å². The molecule has 0 N–H and O–H groups in total. The summed E-state index contributed by atoms with van der Waals surface area (Å²) in [5, 5.41) is 0. The second-order valence-electron chi connectivity index (χ2n) is 13.5. The number of anilines is 3. The molecule has 0 radical (unpaired) electrons. The minimum Gasteiger partial charge on any atom is -0.311 e. The van der Waals surface area contributed by atoms with E-state index < -0.39 is 0 Å². The Hall–Kier alpha value is -6.61. The Morgan fingerprint density at radius 3 is 0.984 bits per heavy atom. The highest BCUT2D eigenvalue weighted by Gasteiger charge is 2.14. The summed E-state index contributed by atoms with van der Waals surface area (Å²) in [7, 11) is 0. The molecule has 0 heterocycles. The van der Waals surface area contributed by atoms with E-state index >= 15 is 0 Å². The van der Waals surface area contributed by atoms with Crippen molar-refractivity contribution in [3.05, 3.63) is 237 Å². The quantitative estimate of drug-likeness (QED) is 0.0772. The van der Waals surface area contributed by atoms with Gasteiger partial charge in [-0.25, -0.2) is 0 Å². The number of hydrogen-bond donors (Lipinski definition) is 1. The van der Waals surface area contributed by atoms with Crippen molar-refractivity contribution in [3.8, 4) is 44.5 Å². The molecular weight excluding hydrogens is 767 g/mol. The van der Waals surface area contributed by atoms with Crippen LogP contribution in [0.4, 0.5) is 17.1 Å². The van der Waals surface area contributed by atoms with Crippen molar-refractivity contribution >= 4 is 40.8 Å². The molecular formula is C60H65NS. The molecule has 0 spiro atoms. The van der Waals surface area contributed by atoms with E-state index in [1.165, 1.54) is 44.5 Å². The average Bonchev–Trinajstić information content (AvgIpc) is 3.36. The average molecular weight is 832 g/mol. The van der Waals surface area contributed by atoms with Gasteiger partial charge < -0.3 is 4.90 Å². The van der Waals surface area contributed by atoms with E-state index in [0.29, 0.717) is 0 Å². The number of nitrogens with zero attached hydrogens (tertiary/aromatic N) is 1. The molecule has 0 fully saturated rings. The van der Waals surface area contributed by atoms with Crippen molar-refractivity contribution < 1.29 is 0 Å². The van der Waals surface area contributed by atoms with Crippen LogP contribution in [0.2, 0.25) is 0 Å². The second-order valence-corrected chi connectivity index (χ2v) is 13.5. The van der Waals surface area contributed by atoms with Crippen LogP contribution in [0.15, 0.2) is 226 Å². The number of hydrogen-bond acceptors (Lipinski definition) is 2. The number of allylic oxidation sites excluding steroid dienone is 7. The van der Waals surface area contributed by atoms with Gasteiger partial charge in [-0.3, -0.25) is 0 Å². The van der Waals surface area contributed by atoms with Crippen LogP contribution in [0, 0.1) is 0 Å². The van der Waals surface area contributed by atoms with E-state index in [4.69, 9.17) is 0 Å². The fourth-order valence-corrected chi connectivity index (χ4v) is 6.73. The molecule has 7 aromatic rings. The molecule has 7 aromatic carbocycles. The summed E-state index contributed by atoms with van der Waals surface area (Å²) in [6, 6.07) is 63.2. The first-order valence-electron chi connectivity index (χ1n) is 21.6. The molecule has 1 nitrogen and oxygen atoms in total. The Morgan fingerprint density at radius 1 is 0.419 bits per heavy atom. The van der Waals surface area contributed by atoms with Gasteiger partial charge in [0.2, 0.25) is 0 Å². The van der Waals surface area contributed by atoms with Gasteiger partial charge in [-0.15, -0.1) is 6.58 Å². The van der Waals surface area contributed by atoms with E-state index in [1.54, 1.807) is 18.4 Å². The van der Waals surface area contributed by atoms with E-state index in [2.05, 4.69) is 245 Å². The largest absolute Gasteiger partial charge is 0.311 e. The van der Waals surface area contributed by atoms with Crippen molar-refractivity contribution in [3.63, 3.8) is 0 Å². The summed E-state index contributed by atoms with van der Waals surface area (Å²) in [5.41, 5.74) is 17.2. The predicted octanol–water partition coefficient (Wildman–Crippen LogP) is 18.8. The van der Waals surface area contributed by atoms with Gasteiger partial charge in [-0.1, -0.05) is 211 Å². The minimum atomic E-state index is 0.924. The van der Waals surface area contributed by atoms with Gasteiger partial charge >= 0.3 is 0 Å². The van der Waals surface area contributed by atoms with Gasteiger partial charge in [0, 0.05) is 17.1 Å². The zero-order valence-corrected chi connectivity index (χ0v) is 39.0. The first-order chi connectivity index (χ1) is 30.5. The van der Waals surface area contributed by atoms with Crippen LogP contribution in [0.25, 0.3) is 55.7 Å². The standard InChI is InChI=1S/C52H43N.C3H6.2C2H6.CH4S/c1-5-11-39(7-3)42-18-20-45(21-19-42)48-28-34-51(35-29-48)53(50-32-26-47(27-33-50)44-16-14-40(15-17-44)38(4)6-2)52-36-30-49(31-37-52)46-24-22-43(23-25-46)41-12-9-8-10-13-41;1-3-2;3*1-2/h5-37H,2,4H2,1,3H3;3H,1H2,2H3;2*1-2H3;2H,1H3/b11-5-,39-7+;;;;. The maximum atomic E-state index is 4.09. The van der Waals surface area contributed by atoms with Crippen molar-refractivity contribution in [2.75, 3.05) is 11.2 Å². The second kappa shape index (κ2) is 27.3. The molecule has 0 aliphatic heterocycles. The summed E-state index contributed by atoms with van der Waals surface area (Å²) >= 11 is 3.53. The fourth-order valence-electron chi connectivity index (χ4n) is 6.73. The summed E-state index contributed by atoms with van der Waals surface area (Å²) in [4.78, 5) is 2.32. The summed E-state index contributed by atoms with van der Waals surface area (Å²) < 4.78 is 0. The summed E-state index contributed by atoms with van der Waals surface area (Å²) in [5.74, 6) is 0. The normalized spacial score (nSPS) is 10.2. The van der Waals surface area contributed by atoms with E-state index in [9.17, 15) is 0 Å². The van der Waals surface area contributed by atoms with Crippen LogP contribution in [0.3, 0.4) is 0 Å². The fraction of sp³-hybridized carbons (Fsp3) is 0.133. The lowest BCUT2D eigenvalue weighted by atomic mass is 9.99. The Kier molecular flexibility index (Phi) is 21.9. The third-order valence-corrected chi connectivity index (χ3v) is 9.75. The highest BCUT2D eigenvalue weighted by atomic mass is 32.1. The first kappa shape index (κ1) is 49.8. The van der Waals surface area contributed by atoms with E-state index in [0.717, 1.165) is 39.3 Å². The zero-order chi connectivity index (χ0) is 45.3. The number of thiol groups is 1. The molecule has 62 heavy (non-hydrogen) atoms. The third kappa shape index (κ3) is 13.4. The molecule has 7 rings (SSSR count). The molecule has 316 valence electrons. The SMILES string of the molecule is C=CC.C=CC(=C)c1ccc(-c2ccc(N(c3ccc(-c4ccc(C(/C=C\C)=C/C)cc4)cc3)c3ccc(-c4ccc(-c5ccccc5)cc4)cc3)cc2)cc1.CC.CC.CS. The molecule has 0 unspecified atom stereocenters. The van der Waals surface area contributed by atoms with Crippen molar-refractivity contribution in [2.45, 2.75) is 48.5 Å². The van der Waals surface area contributed by atoms with E-state index in [-0.39, 0.29) is 0 Å². The van der Waals surface area contributed by atoms with Crippen LogP contribution >= 0.6 is 12.6 Å². The van der Waals surface area contributed by atoms with Crippen LogP contribution in [-0.2, 0) is 0 Å². The summed E-state index contributed by atoms with van der Waals surface area (Å²) in [6.07, 6.45) is 11.6. The van der Waals surface area contributed by atoms with Gasteiger partial charge in [-0.05, 0) is 130 Å².